The summed E-state index contributed by atoms with van der Waals surface area (Å²) in [5, 5.41) is 7.13. The second-order valence-corrected chi connectivity index (χ2v) is 10.4. The van der Waals surface area contributed by atoms with Crippen molar-refractivity contribution in [3.63, 3.8) is 0 Å². The van der Waals surface area contributed by atoms with Crippen LogP contribution in [0.1, 0.15) is 76.6 Å². The topological polar surface area (TPSA) is 89.7 Å². The van der Waals surface area contributed by atoms with Crippen molar-refractivity contribution in [3.8, 4) is 5.75 Å². The van der Waals surface area contributed by atoms with Gasteiger partial charge in [0.2, 0.25) is 5.91 Å². The highest BCUT2D eigenvalue weighted by Gasteiger charge is 2.24. The highest BCUT2D eigenvalue weighted by atomic mass is 16.5. The summed E-state index contributed by atoms with van der Waals surface area (Å²) in [6.45, 7) is 10.8. The van der Waals surface area contributed by atoms with Crippen molar-refractivity contribution < 1.29 is 18.8 Å². The lowest BCUT2D eigenvalue weighted by molar-refractivity contribution is -0.125. The number of amides is 1. The van der Waals surface area contributed by atoms with Gasteiger partial charge in [0.15, 0.2) is 5.82 Å². The molecule has 0 bridgehead atoms. The van der Waals surface area contributed by atoms with Gasteiger partial charge in [-0.3, -0.25) is 4.79 Å². The van der Waals surface area contributed by atoms with Crippen molar-refractivity contribution in [3.05, 3.63) is 41.7 Å². The molecule has 1 amide bonds. The molecule has 0 radical (unpaired) electrons. The van der Waals surface area contributed by atoms with Crippen LogP contribution in [-0.4, -0.2) is 55.5 Å². The van der Waals surface area contributed by atoms with Gasteiger partial charge >= 0.3 is 6.01 Å². The Morgan fingerprint density at radius 1 is 1.19 bits per heavy atom. The van der Waals surface area contributed by atoms with E-state index in [1.54, 1.807) is 0 Å². The van der Waals surface area contributed by atoms with Gasteiger partial charge in [-0.05, 0) is 74.6 Å². The summed E-state index contributed by atoms with van der Waals surface area (Å²) in [4.78, 5) is 19.1. The number of aromatic nitrogens is 2. The van der Waals surface area contributed by atoms with Gasteiger partial charge in [-0.1, -0.05) is 37.2 Å². The van der Waals surface area contributed by atoms with Crippen LogP contribution in [0.3, 0.4) is 0 Å². The van der Waals surface area contributed by atoms with E-state index < -0.39 is 0 Å². The Labute approximate surface area is 220 Å². The predicted octanol–water partition coefficient (Wildman–Crippen LogP) is 5.21. The minimum Gasteiger partial charge on any atom is -0.493 e. The van der Waals surface area contributed by atoms with Crippen LogP contribution in [0.4, 0.5) is 6.01 Å². The molecule has 1 aliphatic carbocycles. The molecule has 4 rings (SSSR count). The summed E-state index contributed by atoms with van der Waals surface area (Å²) in [6, 6.07) is 9.04. The van der Waals surface area contributed by atoms with Gasteiger partial charge in [0.25, 0.3) is 0 Å². The largest absolute Gasteiger partial charge is 0.493 e. The Bertz CT molecular complexity index is 1010. The summed E-state index contributed by atoms with van der Waals surface area (Å²) < 4.78 is 16.9. The zero-order chi connectivity index (χ0) is 26.0. The lowest BCUT2D eigenvalue weighted by atomic mass is 9.86. The molecule has 1 aromatic heterocycles. The van der Waals surface area contributed by atoms with Crippen LogP contribution in [0, 0.1) is 11.8 Å². The van der Waals surface area contributed by atoms with E-state index in [2.05, 4.69) is 64.5 Å². The third-order valence-corrected chi connectivity index (χ3v) is 7.29. The van der Waals surface area contributed by atoms with Gasteiger partial charge in [0.05, 0.1) is 6.61 Å². The maximum Gasteiger partial charge on any atom is 0.324 e. The van der Waals surface area contributed by atoms with Crippen molar-refractivity contribution >= 4 is 17.5 Å². The minimum atomic E-state index is 0.0713. The van der Waals surface area contributed by atoms with Crippen molar-refractivity contribution in [1.82, 2.24) is 15.5 Å². The zero-order valence-corrected chi connectivity index (χ0v) is 22.6. The summed E-state index contributed by atoms with van der Waals surface area (Å²) >= 11 is 0. The number of rotatable bonds is 12. The second-order valence-electron chi connectivity index (χ2n) is 10.4. The number of hydrogen-bond donors (Lipinski definition) is 1. The molecule has 0 saturated carbocycles. The Kier molecular flexibility index (Phi) is 9.99. The third kappa shape index (κ3) is 7.81. The molecular formula is C29H42N4O4. The first-order valence-corrected chi connectivity index (χ1v) is 13.9. The standard InChI is InChI=1S/C29H42N4O4/c1-4-35-19-5-16-30-28(34)25-8-6-23(7-9-25)24-10-12-26(13-11-24)36-20-22-14-17-33(18-15-22)29-31-27(21(2)3)32-37-29/h6,10-13,21-22,25H,4-5,7-9,14-20H2,1-3H3,(H,30,34). The van der Waals surface area contributed by atoms with E-state index in [1.807, 2.05) is 6.92 Å². The molecule has 1 aliphatic heterocycles. The van der Waals surface area contributed by atoms with Gasteiger partial charge < -0.3 is 24.2 Å². The molecule has 1 aromatic carbocycles. The van der Waals surface area contributed by atoms with E-state index in [1.165, 1.54) is 11.1 Å². The van der Waals surface area contributed by atoms with E-state index in [-0.39, 0.29) is 17.7 Å². The summed E-state index contributed by atoms with van der Waals surface area (Å²) in [7, 11) is 0. The summed E-state index contributed by atoms with van der Waals surface area (Å²) in [6.07, 6.45) is 7.80. The average molecular weight is 511 g/mol. The van der Waals surface area contributed by atoms with Crippen molar-refractivity contribution in [2.75, 3.05) is 44.4 Å². The predicted molar refractivity (Wildman–Crippen MR) is 145 cm³/mol. The van der Waals surface area contributed by atoms with Crippen LogP contribution in [0.5, 0.6) is 5.75 Å². The van der Waals surface area contributed by atoms with Gasteiger partial charge in [-0.15, -0.1) is 0 Å². The first-order valence-electron chi connectivity index (χ1n) is 13.9. The number of carbonyl (C=O) groups excluding carboxylic acids is 1. The molecule has 8 heteroatoms. The number of allylic oxidation sites excluding steroid dienone is 2. The fraction of sp³-hybridized carbons (Fsp3) is 0.621. The highest BCUT2D eigenvalue weighted by Crippen LogP contribution is 2.31. The van der Waals surface area contributed by atoms with Crippen LogP contribution < -0.4 is 15.0 Å². The van der Waals surface area contributed by atoms with Crippen LogP contribution in [0.25, 0.3) is 5.57 Å². The molecule has 8 nitrogen and oxygen atoms in total. The Morgan fingerprint density at radius 3 is 2.62 bits per heavy atom. The number of nitrogens with one attached hydrogen (secondary N) is 1. The van der Waals surface area contributed by atoms with E-state index in [0.717, 1.165) is 76.4 Å². The van der Waals surface area contributed by atoms with E-state index in [9.17, 15) is 4.79 Å². The monoisotopic (exact) mass is 510 g/mol. The molecule has 2 aromatic rings. The number of benzene rings is 1. The molecule has 2 heterocycles. The molecule has 202 valence electrons. The quantitative estimate of drug-likeness (QED) is 0.392. The fourth-order valence-corrected chi connectivity index (χ4v) is 4.87. The van der Waals surface area contributed by atoms with E-state index in [0.29, 0.717) is 25.1 Å². The lowest BCUT2D eigenvalue weighted by Crippen LogP contribution is -2.35. The van der Waals surface area contributed by atoms with Crippen molar-refractivity contribution in [2.24, 2.45) is 11.8 Å². The molecule has 1 fully saturated rings. The smallest absolute Gasteiger partial charge is 0.324 e. The van der Waals surface area contributed by atoms with E-state index in [4.69, 9.17) is 14.0 Å². The zero-order valence-electron chi connectivity index (χ0n) is 22.6. The first kappa shape index (κ1) is 27.2. The van der Waals surface area contributed by atoms with Gasteiger partial charge in [-0.25, -0.2) is 0 Å². The molecule has 1 unspecified atom stereocenters. The molecule has 1 N–H and O–H groups in total. The molecular weight excluding hydrogens is 468 g/mol. The van der Waals surface area contributed by atoms with Gasteiger partial charge in [-0.2, -0.15) is 4.98 Å². The highest BCUT2D eigenvalue weighted by molar-refractivity contribution is 5.80. The minimum absolute atomic E-state index is 0.0713. The van der Waals surface area contributed by atoms with Crippen LogP contribution >= 0.6 is 0 Å². The summed E-state index contributed by atoms with van der Waals surface area (Å²) in [5.74, 6) is 2.70. The van der Waals surface area contributed by atoms with Crippen LogP contribution in [0.15, 0.2) is 34.9 Å². The maximum absolute atomic E-state index is 12.4. The summed E-state index contributed by atoms with van der Waals surface area (Å²) in [5.41, 5.74) is 2.54. The number of anilines is 1. The first-order chi connectivity index (χ1) is 18.0. The van der Waals surface area contributed by atoms with Crippen LogP contribution in [0.2, 0.25) is 0 Å². The maximum atomic E-state index is 12.4. The normalized spacial score (nSPS) is 18.6. The SMILES string of the molecule is CCOCCCNC(=O)C1CC=C(c2ccc(OCC3CCN(c4nc(C(C)C)no4)CC3)cc2)CC1. The Morgan fingerprint density at radius 2 is 1.97 bits per heavy atom. The van der Waals surface area contributed by atoms with Crippen molar-refractivity contribution in [2.45, 2.75) is 65.2 Å². The third-order valence-electron chi connectivity index (χ3n) is 7.29. The van der Waals surface area contributed by atoms with Crippen LogP contribution in [-0.2, 0) is 9.53 Å². The number of ether oxygens (including phenoxy) is 2. The number of carbonyl (C=O) groups is 1. The molecule has 1 atom stereocenters. The van der Waals surface area contributed by atoms with Gasteiger partial charge in [0.1, 0.15) is 5.75 Å². The fourth-order valence-electron chi connectivity index (χ4n) is 4.87. The van der Waals surface area contributed by atoms with E-state index >= 15 is 0 Å². The van der Waals surface area contributed by atoms with Gasteiger partial charge in [0, 0.05) is 44.7 Å². The molecule has 0 spiro atoms. The number of hydrogen-bond acceptors (Lipinski definition) is 7. The molecule has 2 aliphatic rings. The Balaban J connectivity index is 1.17. The Hall–Kier alpha value is -2.87. The number of piperidine rings is 1. The second kappa shape index (κ2) is 13.6. The number of nitrogens with zero attached hydrogens (tertiary/aromatic N) is 3. The van der Waals surface area contributed by atoms with Crippen molar-refractivity contribution in [1.29, 1.82) is 0 Å². The molecule has 37 heavy (non-hydrogen) atoms. The molecule has 1 saturated heterocycles. The average Bonchev–Trinajstić information content (AvgIpc) is 3.43. The lowest BCUT2D eigenvalue weighted by Gasteiger charge is -2.30.